The smallest absolute Gasteiger partial charge is 0.272 e. The van der Waals surface area contributed by atoms with Crippen molar-refractivity contribution in [2.24, 2.45) is 0 Å². The minimum atomic E-state index is -0.638. The van der Waals surface area contributed by atoms with Gasteiger partial charge in [0.05, 0.1) is 17.5 Å². The number of aryl methyl sites for hydroxylation is 1. The van der Waals surface area contributed by atoms with Gasteiger partial charge in [-0.05, 0) is 11.6 Å². The van der Waals surface area contributed by atoms with Crippen LogP contribution in [0.15, 0.2) is 22.7 Å². The Balaban J connectivity index is 1.97. The Hall–Kier alpha value is -2.35. The fourth-order valence-electron chi connectivity index (χ4n) is 1.57. The van der Waals surface area contributed by atoms with Crippen molar-refractivity contribution in [3.8, 4) is 0 Å². The van der Waals surface area contributed by atoms with Gasteiger partial charge < -0.3 is 9.84 Å². The van der Waals surface area contributed by atoms with Crippen LogP contribution in [0.5, 0.6) is 0 Å². The van der Waals surface area contributed by atoms with E-state index in [0.29, 0.717) is 23.8 Å². The molecule has 0 aliphatic carbocycles. The van der Waals surface area contributed by atoms with Crippen molar-refractivity contribution in [1.82, 2.24) is 15.5 Å². The molecule has 0 amide bonds. The second-order valence-corrected chi connectivity index (χ2v) is 3.91. The SMILES string of the molecule is Cc1nc(CNCc2cc(F)cc([N+](=O)[O-])c2)no1. The molecule has 0 saturated carbocycles. The largest absolute Gasteiger partial charge is 0.340 e. The topological polar surface area (TPSA) is 94.1 Å². The van der Waals surface area contributed by atoms with E-state index in [1.54, 1.807) is 6.92 Å². The maximum Gasteiger partial charge on any atom is 0.272 e. The zero-order chi connectivity index (χ0) is 13.8. The number of nitro groups is 1. The van der Waals surface area contributed by atoms with E-state index < -0.39 is 10.7 Å². The monoisotopic (exact) mass is 266 g/mol. The minimum absolute atomic E-state index is 0.270. The second kappa shape index (κ2) is 5.53. The summed E-state index contributed by atoms with van der Waals surface area (Å²) >= 11 is 0. The highest BCUT2D eigenvalue weighted by molar-refractivity contribution is 5.35. The van der Waals surface area contributed by atoms with Crippen LogP contribution in [0.3, 0.4) is 0 Å². The van der Waals surface area contributed by atoms with Crippen molar-refractivity contribution in [3.05, 3.63) is 51.4 Å². The maximum atomic E-state index is 13.2. The molecule has 0 saturated heterocycles. The second-order valence-electron chi connectivity index (χ2n) is 3.91. The molecular weight excluding hydrogens is 255 g/mol. The third-order valence-electron chi connectivity index (χ3n) is 2.34. The van der Waals surface area contributed by atoms with E-state index in [9.17, 15) is 14.5 Å². The summed E-state index contributed by atoms with van der Waals surface area (Å²) in [5, 5.41) is 17.2. The Morgan fingerprint density at radius 2 is 2.21 bits per heavy atom. The van der Waals surface area contributed by atoms with Gasteiger partial charge in [0.2, 0.25) is 5.89 Å². The lowest BCUT2D eigenvalue weighted by atomic mass is 10.2. The molecule has 1 heterocycles. The highest BCUT2D eigenvalue weighted by atomic mass is 19.1. The number of nitrogens with one attached hydrogen (secondary N) is 1. The van der Waals surface area contributed by atoms with Crippen LogP contribution in [-0.4, -0.2) is 15.1 Å². The van der Waals surface area contributed by atoms with Gasteiger partial charge in [0.25, 0.3) is 5.69 Å². The molecule has 0 radical (unpaired) electrons. The summed E-state index contributed by atoms with van der Waals surface area (Å²) in [5.74, 6) is 0.294. The van der Waals surface area contributed by atoms with E-state index in [0.717, 1.165) is 6.07 Å². The molecule has 2 rings (SSSR count). The van der Waals surface area contributed by atoms with Crippen LogP contribution in [0.4, 0.5) is 10.1 Å². The first-order valence-corrected chi connectivity index (χ1v) is 5.48. The molecular formula is C11H11FN4O3. The molecule has 1 N–H and O–H groups in total. The molecule has 19 heavy (non-hydrogen) atoms. The molecule has 7 nitrogen and oxygen atoms in total. The molecule has 0 spiro atoms. The van der Waals surface area contributed by atoms with Crippen molar-refractivity contribution in [2.75, 3.05) is 0 Å². The number of hydrogen-bond acceptors (Lipinski definition) is 6. The van der Waals surface area contributed by atoms with Crippen LogP contribution >= 0.6 is 0 Å². The number of hydrogen-bond donors (Lipinski definition) is 1. The number of aromatic nitrogens is 2. The average molecular weight is 266 g/mol. The van der Waals surface area contributed by atoms with Crippen LogP contribution in [0.2, 0.25) is 0 Å². The normalized spacial score (nSPS) is 10.6. The summed E-state index contributed by atoms with van der Waals surface area (Å²) in [6.45, 7) is 2.28. The van der Waals surface area contributed by atoms with Gasteiger partial charge in [-0.3, -0.25) is 10.1 Å². The van der Waals surface area contributed by atoms with Crippen LogP contribution in [0.25, 0.3) is 0 Å². The lowest BCUT2D eigenvalue weighted by molar-refractivity contribution is -0.385. The molecule has 8 heteroatoms. The third-order valence-corrected chi connectivity index (χ3v) is 2.34. The lowest BCUT2D eigenvalue weighted by Crippen LogP contribution is -2.14. The minimum Gasteiger partial charge on any atom is -0.340 e. The van der Waals surface area contributed by atoms with Crippen molar-refractivity contribution in [3.63, 3.8) is 0 Å². The molecule has 0 fully saturated rings. The zero-order valence-corrected chi connectivity index (χ0v) is 10.1. The Kier molecular flexibility index (Phi) is 3.81. The van der Waals surface area contributed by atoms with Gasteiger partial charge in [-0.15, -0.1) is 0 Å². The first-order chi connectivity index (χ1) is 9.04. The third kappa shape index (κ3) is 3.55. The van der Waals surface area contributed by atoms with Crippen molar-refractivity contribution in [2.45, 2.75) is 20.0 Å². The Labute approximate surface area is 107 Å². The molecule has 0 unspecified atom stereocenters. The van der Waals surface area contributed by atoms with Crippen molar-refractivity contribution in [1.29, 1.82) is 0 Å². The fourth-order valence-corrected chi connectivity index (χ4v) is 1.57. The number of halogens is 1. The van der Waals surface area contributed by atoms with Crippen LogP contribution in [0, 0.1) is 22.9 Å². The van der Waals surface area contributed by atoms with E-state index in [1.165, 1.54) is 12.1 Å². The average Bonchev–Trinajstić information content (AvgIpc) is 2.74. The van der Waals surface area contributed by atoms with E-state index >= 15 is 0 Å². The van der Waals surface area contributed by atoms with Gasteiger partial charge in [0.1, 0.15) is 5.82 Å². The Morgan fingerprint density at radius 3 is 2.84 bits per heavy atom. The number of non-ortho nitro benzene ring substituents is 1. The van der Waals surface area contributed by atoms with E-state index in [4.69, 9.17) is 4.52 Å². The number of rotatable bonds is 5. The number of benzene rings is 1. The van der Waals surface area contributed by atoms with Gasteiger partial charge in [-0.1, -0.05) is 5.16 Å². The van der Waals surface area contributed by atoms with E-state index in [1.807, 2.05) is 0 Å². The molecule has 0 atom stereocenters. The standard InChI is InChI=1S/C11H11FN4O3/c1-7-14-11(15-19-7)6-13-5-8-2-9(12)4-10(3-8)16(17)18/h2-4,13H,5-6H2,1H3. The quantitative estimate of drug-likeness (QED) is 0.654. The summed E-state index contributed by atoms with van der Waals surface area (Å²) < 4.78 is 18.0. The number of nitro benzene ring substituents is 1. The molecule has 0 aliphatic rings. The van der Waals surface area contributed by atoms with Gasteiger partial charge >= 0.3 is 0 Å². The molecule has 0 bridgehead atoms. The van der Waals surface area contributed by atoms with Gasteiger partial charge in [-0.25, -0.2) is 4.39 Å². The molecule has 0 aliphatic heterocycles. The first-order valence-electron chi connectivity index (χ1n) is 5.48. The molecule has 100 valence electrons. The van der Waals surface area contributed by atoms with Gasteiger partial charge in [0.15, 0.2) is 5.82 Å². The summed E-state index contributed by atoms with van der Waals surface area (Å²) in [7, 11) is 0. The van der Waals surface area contributed by atoms with Crippen LogP contribution in [-0.2, 0) is 13.1 Å². The first kappa shape index (κ1) is 13.1. The summed E-state index contributed by atoms with van der Waals surface area (Å²) in [6.07, 6.45) is 0. The predicted octanol–water partition coefficient (Wildman–Crippen LogP) is 1.72. The Bertz CT molecular complexity index is 599. The van der Waals surface area contributed by atoms with Crippen molar-refractivity contribution < 1.29 is 13.8 Å². The highest BCUT2D eigenvalue weighted by Gasteiger charge is 2.10. The predicted molar refractivity (Wildman–Crippen MR) is 62.6 cm³/mol. The summed E-state index contributed by atoms with van der Waals surface area (Å²) in [4.78, 5) is 13.9. The zero-order valence-electron chi connectivity index (χ0n) is 10.1. The lowest BCUT2D eigenvalue weighted by Gasteiger charge is -2.02. The Morgan fingerprint density at radius 1 is 1.42 bits per heavy atom. The van der Waals surface area contributed by atoms with E-state index in [-0.39, 0.29) is 12.2 Å². The maximum absolute atomic E-state index is 13.2. The summed E-state index contributed by atoms with van der Waals surface area (Å²) in [6, 6.07) is 3.44. The van der Waals surface area contributed by atoms with Crippen molar-refractivity contribution >= 4 is 5.69 Å². The van der Waals surface area contributed by atoms with E-state index in [2.05, 4.69) is 15.5 Å². The molecule has 1 aromatic heterocycles. The fraction of sp³-hybridized carbons (Fsp3) is 0.273. The molecule has 2 aromatic rings. The van der Waals surface area contributed by atoms with Gasteiger partial charge in [-0.2, -0.15) is 4.98 Å². The van der Waals surface area contributed by atoms with Crippen LogP contribution in [0.1, 0.15) is 17.3 Å². The van der Waals surface area contributed by atoms with Crippen LogP contribution < -0.4 is 5.32 Å². The number of nitrogens with zero attached hydrogens (tertiary/aromatic N) is 3. The highest BCUT2D eigenvalue weighted by Crippen LogP contribution is 2.16. The summed E-state index contributed by atoms with van der Waals surface area (Å²) in [5.41, 5.74) is 0.208. The molecule has 1 aromatic carbocycles. The van der Waals surface area contributed by atoms with Gasteiger partial charge in [0, 0.05) is 19.5 Å².